The Hall–Kier alpha value is -0.726. The Balaban J connectivity index is 1.98. The summed E-state index contributed by atoms with van der Waals surface area (Å²) in [6.45, 7) is 31.9. The Kier molecular flexibility index (Phi) is 8.86. The lowest BCUT2D eigenvalue weighted by molar-refractivity contribution is -0.168. The first kappa shape index (κ1) is 31.8. The molecule has 4 atom stereocenters. The second kappa shape index (κ2) is 10.6. The molecule has 0 spiro atoms. The number of allylic oxidation sites excluding steroid dienone is 5. The largest absolute Gasteiger partial charge is 0.410 e. The van der Waals surface area contributed by atoms with Crippen molar-refractivity contribution in [2.75, 3.05) is 0 Å². The molecule has 0 aromatic carbocycles. The third-order valence-electron chi connectivity index (χ3n) is 10.9. The van der Waals surface area contributed by atoms with Gasteiger partial charge in [0.2, 0.25) is 0 Å². The van der Waals surface area contributed by atoms with Gasteiger partial charge < -0.3 is 14.0 Å². The molecule has 2 saturated carbocycles. The molecule has 1 N–H and O–H groups in total. The highest BCUT2D eigenvalue weighted by molar-refractivity contribution is 6.74. The van der Waals surface area contributed by atoms with Crippen molar-refractivity contribution in [1.82, 2.24) is 0 Å². The second-order valence-electron chi connectivity index (χ2n) is 15.7. The van der Waals surface area contributed by atoms with E-state index in [4.69, 9.17) is 8.85 Å². The predicted octanol–water partition coefficient (Wildman–Crippen LogP) is 9.84. The average molecular weight is 559 g/mol. The third-order valence-corrected chi connectivity index (χ3v) is 19.8. The van der Waals surface area contributed by atoms with E-state index in [9.17, 15) is 5.11 Å². The molecule has 3 rings (SSSR count). The lowest BCUT2D eigenvalue weighted by Gasteiger charge is -2.49. The third kappa shape index (κ3) is 6.27. The molecule has 3 nitrogen and oxygen atoms in total. The lowest BCUT2D eigenvalue weighted by Crippen LogP contribution is -2.55. The zero-order valence-corrected chi connectivity index (χ0v) is 28.8. The highest BCUT2D eigenvalue weighted by Gasteiger charge is 2.50. The standard InChI is InChI=1S/C33H58O3Si2/c1-14-27-19-20-28-25(16-15-21-32(27,28)9)17-18-26-22-33(34,36-38(12,13)31(6,7)8)23-29(24(26)2)35-37(10,11)30(3,4)5/h17-19,28-29,34H,2,14-16,20-23H2,1,3-13H3/t28-,29-,32+,33+/m0/s1. The van der Waals surface area contributed by atoms with Crippen LogP contribution in [-0.2, 0) is 8.85 Å². The maximum atomic E-state index is 12.1. The highest BCUT2D eigenvalue weighted by atomic mass is 28.4. The normalized spacial score (nSPS) is 33.6. The predicted molar refractivity (Wildman–Crippen MR) is 168 cm³/mol. The van der Waals surface area contributed by atoms with Crippen LogP contribution >= 0.6 is 0 Å². The van der Waals surface area contributed by atoms with Gasteiger partial charge in [-0.15, -0.1) is 0 Å². The summed E-state index contributed by atoms with van der Waals surface area (Å²) in [4.78, 5) is 0. The van der Waals surface area contributed by atoms with Crippen LogP contribution in [0.25, 0.3) is 0 Å². The Bertz CT molecular complexity index is 1000. The Morgan fingerprint density at radius 1 is 1.05 bits per heavy atom. The number of fused-ring (bicyclic) bond motifs is 1. The molecule has 0 amide bonds. The summed E-state index contributed by atoms with van der Waals surface area (Å²) in [5, 5.41) is 12.1. The average Bonchev–Trinajstić information content (AvgIpc) is 3.09. The van der Waals surface area contributed by atoms with Gasteiger partial charge in [0.05, 0.1) is 6.10 Å². The molecule has 3 aliphatic rings. The van der Waals surface area contributed by atoms with Crippen LogP contribution in [-0.4, -0.2) is 33.6 Å². The van der Waals surface area contributed by atoms with Crippen molar-refractivity contribution < 1.29 is 14.0 Å². The fraction of sp³-hybridized carbons (Fsp3) is 0.758. The monoisotopic (exact) mass is 558 g/mol. The van der Waals surface area contributed by atoms with Gasteiger partial charge in [0.15, 0.2) is 22.4 Å². The van der Waals surface area contributed by atoms with Gasteiger partial charge in [-0.25, -0.2) is 0 Å². The summed E-state index contributed by atoms with van der Waals surface area (Å²) in [6, 6.07) is 0. The molecular weight excluding hydrogens is 501 g/mol. The van der Waals surface area contributed by atoms with E-state index in [0.29, 0.717) is 24.2 Å². The van der Waals surface area contributed by atoms with Crippen LogP contribution in [0.5, 0.6) is 0 Å². The molecule has 0 aromatic rings. The lowest BCUT2D eigenvalue weighted by atomic mass is 9.64. The molecule has 0 aromatic heterocycles. The van der Waals surface area contributed by atoms with Gasteiger partial charge in [0.1, 0.15) is 0 Å². The van der Waals surface area contributed by atoms with Crippen molar-refractivity contribution in [3.05, 3.63) is 47.1 Å². The van der Waals surface area contributed by atoms with Gasteiger partial charge in [-0.05, 0) is 90.8 Å². The first-order valence-electron chi connectivity index (χ1n) is 15.0. The number of hydrogen-bond acceptors (Lipinski definition) is 3. The van der Waals surface area contributed by atoms with Crippen molar-refractivity contribution in [3.8, 4) is 0 Å². The van der Waals surface area contributed by atoms with Crippen LogP contribution in [0.1, 0.15) is 100 Å². The van der Waals surface area contributed by atoms with Crippen LogP contribution in [0, 0.1) is 11.3 Å². The van der Waals surface area contributed by atoms with E-state index in [1.165, 1.54) is 12.8 Å². The van der Waals surface area contributed by atoms with Crippen LogP contribution in [0.3, 0.4) is 0 Å². The fourth-order valence-electron chi connectivity index (χ4n) is 6.28. The summed E-state index contributed by atoms with van der Waals surface area (Å²) >= 11 is 0. The van der Waals surface area contributed by atoms with Gasteiger partial charge in [0.25, 0.3) is 0 Å². The molecule has 3 aliphatic carbocycles. The van der Waals surface area contributed by atoms with Crippen molar-refractivity contribution in [2.24, 2.45) is 11.3 Å². The summed E-state index contributed by atoms with van der Waals surface area (Å²) in [5.74, 6) is -0.644. The van der Waals surface area contributed by atoms with Gasteiger partial charge in [0, 0.05) is 12.8 Å². The SMILES string of the molecule is C=C1C(=CC=C2CCC[C@]3(C)C(CC)=CC[C@@H]23)C[C@@](O)(O[Si](C)(C)C(C)(C)C)C[C@@H]1O[Si](C)(C)C(C)(C)C. The summed E-state index contributed by atoms with van der Waals surface area (Å²) in [5.41, 5.74) is 5.61. The van der Waals surface area contributed by atoms with Gasteiger partial charge >= 0.3 is 0 Å². The zero-order valence-electron chi connectivity index (χ0n) is 26.8. The fourth-order valence-corrected chi connectivity index (χ4v) is 8.98. The molecule has 5 heteroatoms. The molecule has 2 fully saturated rings. The van der Waals surface area contributed by atoms with Gasteiger partial charge in [-0.3, -0.25) is 0 Å². The topological polar surface area (TPSA) is 38.7 Å². The molecule has 0 aliphatic heterocycles. The van der Waals surface area contributed by atoms with Crippen LogP contribution in [0.15, 0.2) is 47.1 Å². The first-order chi connectivity index (χ1) is 17.2. The van der Waals surface area contributed by atoms with E-state index in [0.717, 1.165) is 30.4 Å². The Morgan fingerprint density at radius 3 is 2.21 bits per heavy atom. The minimum absolute atomic E-state index is 0.0117. The molecule has 0 heterocycles. The molecular formula is C33H58O3Si2. The van der Waals surface area contributed by atoms with Crippen LogP contribution < -0.4 is 0 Å². The van der Waals surface area contributed by atoms with Crippen molar-refractivity contribution >= 4 is 16.6 Å². The molecule has 216 valence electrons. The molecule has 0 unspecified atom stereocenters. The zero-order chi connectivity index (χ0) is 28.9. The summed E-state index contributed by atoms with van der Waals surface area (Å²) in [6.07, 6.45) is 13.8. The number of aliphatic hydroxyl groups is 1. The second-order valence-corrected chi connectivity index (χ2v) is 25.1. The molecule has 0 radical (unpaired) electrons. The van der Waals surface area contributed by atoms with Gasteiger partial charge in [-0.2, -0.15) is 0 Å². The number of rotatable bonds is 6. The molecule has 38 heavy (non-hydrogen) atoms. The van der Waals surface area contributed by atoms with E-state index in [1.54, 1.807) is 11.1 Å². The Labute approximate surface area is 237 Å². The summed E-state index contributed by atoms with van der Waals surface area (Å²) < 4.78 is 13.7. The van der Waals surface area contributed by atoms with E-state index in [2.05, 4.69) is 106 Å². The minimum Gasteiger partial charge on any atom is -0.410 e. The number of hydrogen-bond donors (Lipinski definition) is 1. The van der Waals surface area contributed by atoms with Crippen molar-refractivity contribution in [1.29, 1.82) is 0 Å². The molecule has 0 saturated heterocycles. The van der Waals surface area contributed by atoms with Crippen molar-refractivity contribution in [2.45, 2.75) is 148 Å². The smallest absolute Gasteiger partial charge is 0.195 e. The van der Waals surface area contributed by atoms with Crippen molar-refractivity contribution in [3.63, 3.8) is 0 Å². The van der Waals surface area contributed by atoms with E-state index >= 15 is 0 Å². The van der Waals surface area contributed by atoms with E-state index in [1.807, 2.05) is 0 Å². The summed E-state index contributed by atoms with van der Waals surface area (Å²) in [7, 11) is -4.29. The quantitative estimate of drug-likeness (QED) is 0.200. The minimum atomic E-state index is -2.21. The Morgan fingerprint density at radius 2 is 1.66 bits per heavy atom. The maximum Gasteiger partial charge on any atom is 0.195 e. The van der Waals surface area contributed by atoms with Gasteiger partial charge in [-0.1, -0.05) is 91.3 Å². The van der Waals surface area contributed by atoms with E-state index < -0.39 is 22.4 Å². The van der Waals surface area contributed by atoms with E-state index in [-0.39, 0.29) is 16.2 Å². The maximum absolute atomic E-state index is 12.1. The van der Waals surface area contributed by atoms with Crippen LogP contribution in [0.4, 0.5) is 0 Å². The first-order valence-corrected chi connectivity index (χ1v) is 20.9. The highest BCUT2D eigenvalue weighted by Crippen LogP contribution is 2.55. The van der Waals surface area contributed by atoms with Crippen LogP contribution in [0.2, 0.25) is 36.3 Å². The molecule has 0 bridgehead atoms.